The largest absolute Gasteiger partial charge is 0.493 e. The number of nitro groups is 1. The zero-order valence-corrected chi connectivity index (χ0v) is 21.5. The molecule has 196 valence electrons. The highest BCUT2D eigenvalue weighted by Gasteiger charge is 2.11. The molecule has 0 unspecified atom stereocenters. The van der Waals surface area contributed by atoms with Crippen LogP contribution < -0.4 is 15.5 Å². The van der Waals surface area contributed by atoms with E-state index in [0.717, 1.165) is 32.4 Å². The van der Waals surface area contributed by atoms with Crippen molar-refractivity contribution in [3.8, 4) is 5.75 Å². The van der Waals surface area contributed by atoms with Crippen molar-refractivity contribution in [2.45, 2.75) is 6.42 Å². The number of amides is 1. The SMILES string of the molecule is O=C(NO)c1ccc(C=C(CCOc2cccc3ccccc23)CNc2nc3ccc([N+](=O)[O-])cc3s2)cc1. The van der Waals surface area contributed by atoms with E-state index < -0.39 is 10.8 Å². The Morgan fingerprint density at radius 1 is 1.05 bits per heavy atom. The summed E-state index contributed by atoms with van der Waals surface area (Å²) in [5.41, 5.74) is 4.61. The molecule has 9 nitrogen and oxygen atoms in total. The number of rotatable bonds is 10. The van der Waals surface area contributed by atoms with Crippen molar-refractivity contribution < 1.29 is 19.7 Å². The Bertz CT molecular complexity index is 1680. The van der Waals surface area contributed by atoms with Gasteiger partial charge >= 0.3 is 0 Å². The van der Waals surface area contributed by atoms with Gasteiger partial charge in [-0.1, -0.05) is 65.9 Å². The van der Waals surface area contributed by atoms with Crippen LogP contribution in [0.15, 0.2) is 90.5 Å². The molecule has 39 heavy (non-hydrogen) atoms. The summed E-state index contributed by atoms with van der Waals surface area (Å²) in [5, 5.41) is 26.1. The van der Waals surface area contributed by atoms with E-state index in [1.54, 1.807) is 35.8 Å². The highest BCUT2D eigenvalue weighted by Crippen LogP contribution is 2.30. The zero-order valence-electron chi connectivity index (χ0n) is 20.7. The normalized spacial score (nSPS) is 11.5. The molecule has 0 saturated carbocycles. The first-order valence-electron chi connectivity index (χ1n) is 12.1. The second-order valence-corrected chi connectivity index (χ2v) is 9.75. The van der Waals surface area contributed by atoms with Crippen LogP contribution >= 0.6 is 11.3 Å². The van der Waals surface area contributed by atoms with Crippen LogP contribution in [0.1, 0.15) is 22.3 Å². The fraction of sp³-hybridized carbons (Fsp3) is 0.103. The van der Waals surface area contributed by atoms with E-state index in [0.29, 0.717) is 35.8 Å². The van der Waals surface area contributed by atoms with Gasteiger partial charge in [-0.05, 0) is 40.8 Å². The molecule has 0 aliphatic heterocycles. The third kappa shape index (κ3) is 6.20. The Hall–Kier alpha value is -4.80. The number of aromatic nitrogens is 1. The zero-order chi connectivity index (χ0) is 27.2. The Kier molecular flexibility index (Phi) is 7.76. The number of ether oxygens (including phenoxy) is 1. The summed E-state index contributed by atoms with van der Waals surface area (Å²) in [5.74, 6) is 0.236. The Morgan fingerprint density at radius 2 is 1.85 bits per heavy atom. The first-order valence-corrected chi connectivity index (χ1v) is 13.0. The first-order chi connectivity index (χ1) is 19.0. The average Bonchev–Trinajstić information content (AvgIpc) is 3.38. The molecular formula is C29H24N4O5S. The van der Waals surface area contributed by atoms with Gasteiger partial charge in [-0.3, -0.25) is 20.1 Å². The molecule has 4 aromatic carbocycles. The molecule has 5 aromatic rings. The molecule has 1 aromatic heterocycles. The third-order valence-corrected chi connectivity index (χ3v) is 7.10. The Morgan fingerprint density at radius 3 is 2.64 bits per heavy atom. The number of nitro benzene ring substituents is 1. The minimum atomic E-state index is -0.577. The van der Waals surface area contributed by atoms with Gasteiger partial charge in [0.1, 0.15) is 5.75 Å². The fourth-order valence-electron chi connectivity index (χ4n) is 4.15. The van der Waals surface area contributed by atoms with Crippen LogP contribution in [0.25, 0.3) is 27.1 Å². The minimum Gasteiger partial charge on any atom is -0.493 e. The van der Waals surface area contributed by atoms with Gasteiger partial charge < -0.3 is 10.1 Å². The van der Waals surface area contributed by atoms with E-state index in [1.807, 2.05) is 48.5 Å². The van der Waals surface area contributed by atoms with Crippen LogP contribution in [0.5, 0.6) is 5.75 Å². The molecule has 3 N–H and O–H groups in total. The quantitative estimate of drug-likeness (QED) is 0.106. The lowest BCUT2D eigenvalue weighted by Gasteiger charge is -2.12. The van der Waals surface area contributed by atoms with Gasteiger partial charge in [0.05, 0.1) is 21.7 Å². The second-order valence-electron chi connectivity index (χ2n) is 8.72. The molecule has 10 heteroatoms. The van der Waals surface area contributed by atoms with Gasteiger partial charge in [0.2, 0.25) is 0 Å². The summed E-state index contributed by atoms with van der Waals surface area (Å²) in [6.45, 7) is 0.915. The smallest absolute Gasteiger partial charge is 0.274 e. The number of thiazole rings is 1. The molecule has 1 heterocycles. The Labute approximate surface area is 227 Å². The number of carbonyl (C=O) groups is 1. The molecule has 0 bridgehead atoms. The van der Waals surface area contributed by atoms with Crippen molar-refractivity contribution in [2.24, 2.45) is 0 Å². The average molecular weight is 541 g/mol. The monoisotopic (exact) mass is 540 g/mol. The van der Waals surface area contributed by atoms with E-state index in [1.165, 1.54) is 23.5 Å². The molecule has 0 aliphatic rings. The van der Waals surface area contributed by atoms with Crippen molar-refractivity contribution >= 4 is 55.1 Å². The lowest BCUT2D eigenvalue weighted by molar-refractivity contribution is -0.384. The predicted octanol–water partition coefficient (Wildman–Crippen LogP) is 6.44. The van der Waals surface area contributed by atoms with Crippen LogP contribution in [0.2, 0.25) is 0 Å². The summed E-state index contributed by atoms with van der Waals surface area (Å²) >= 11 is 1.35. The molecule has 5 rings (SSSR count). The van der Waals surface area contributed by atoms with Crippen LogP contribution in [0, 0.1) is 10.1 Å². The van der Waals surface area contributed by atoms with Crippen molar-refractivity contribution in [3.63, 3.8) is 0 Å². The van der Waals surface area contributed by atoms with Crippen LogP contribution in [0.4, 0.5) is 10.8 Å². The second kappa shape index (κ2) is 11.7. The maximum absolute atomic E-state index is 11.7. The van der Waals surface area contributed by atoms with Gasteiger partial charge in [-0.15, -0.1) is 0 Å². The first kappa shape index (κ1) is 25.8. The van der Waals surface area contributed by atoms with Gasteiger partial charge in [0.15, 0.2) is 5.13 Å². The fourth-order valence-corrected chi connectivity index (χ4v) is 5.04. The van der Waals surface area contributed by atoms with E-state index in [9.17, 15) is 14.9 Å². The number of benzene rings is 4. The standard InChI is InChI=1S/C29H24N4O5S/c34-28(32-35)22-10-8-19(9-11-22)16-20(14-15-38-26-7-3-5-21-4-1-2-6-24(21)26)18-30-29-31-25-13-12-23(33(36)37)17-27(25)39-29/h1-13,16-17,35H,14-15,18H2,(H,30,31)(H,32,34). The molecule has 0 spiro atoms. The number of hydrogen-bond donors (Lipinski definition) is 3. The summed E-state index contributed by atoms with van der Waals surface area (Å²) in [4.78, 5) is 26.9. The highest BCUT2D eigenvalue weighted by atomic mass is 32.1. The summed E-state index contributed by atoms with van der Waals surface area (Å²) in [7, 11) is 0. The van der Waals surface area contributed by atoms with E-state index >= 15 is 0 Å². The van der Waals surface area contributed by atoms with Crippen molar-refractivity contribution in [1.29, 1.82) is 0 Å². The van der Waals surface area contributed by atoms with E-state index in [-0.39, 0.29) is 5.69 Å². The number of anilines is 1. The number of carbonyl (C=O) groups excluding carboxylic acids is 1. The Balaban J connectivity index is 1.33. The number of non-ortho nitro benzene ring substituents is 1. The maximum atomic E-state index is 11.7. The molecule has 0 fully saturated rings. The van der Waals surface area contributed by atoms with Gasteiger partial charge in [0, 0.05) is 36.0 Å². The summed E-state index contributed by atoms with van der Waals surface area (Å²) in [6.07, 6.45) is 2.63. The molecule has 1 amide bonds. The van der Waals surface area contributed by atoms with Crippen LogP contribution in [-0.2, 0) is 0 Å². The van der Waals surface area contributed by atoms with Crippen LogP contribution in [0.3, 0.4) is 0 Å². The van der Waals surface area contributed by atoms with Gasteiger partial charge in [-0.2, -0.15) is 0 Å². The molecule has 0 aliphatic carbocycles. The summed E-state index contributed by atoms with van der Waals surface area (Å²) < 4.78 is 6.89. The van der Waals surface area contributed by atoms with Crippen molar-refractivity contribution in [2.75, 3.05) is 18.5 Å². The summed E-state index contributed by atoms with van der Waals surface area (Å²) in [6, 6.07) is 25.5. The third-order valence-electron chi connectivity index (χ3n) is 6.13. The molecule has 0 atom stereocenters. The minimum absolute atomic E-state index is 0.0298. The topological polar surface area (TPSA) is 127 Å². The van der Waals surface area contributed by atoms with E-state index in [4.69, 9.17) is 9.94 Å². The number of nitrogens with one attached hydrogen (secondary N) is 2. The molecular weight excluding hydrogens is 516 g/mol. The highest BCUT2D eigenvalue weighted by molar-refractivity contribution is 7.22. The molecule has 0 radical (unpaired) electrons. The maximum Gasteiger partial charge on any atom is 0.274 e. The number of hydrogen-bond acceptors (Lipinski definition) is 8. The number of hydroxylamine groups is 1. The predicted molar refractivity (Wildman–Crippen MR) is 152 cm³/mol. The van der Waals surface area contributed by atoms with Crippen molar-refractivity contribution in [3.05, 3.63) is 112 Å². The van der Waals surface area contributed by atoms with Gasteiger partial charge in [0.25, 0.3) is 11.6 Å². The van der Waals surface area contributed by atoms with Crippen molar-refractivity contribution in [1.82, 2.24) is 10.5 Å². The van der Waals surface area contributed by atoms with Gasteiger partial charge in [-0.25, -0.2) is 10.5 Å². The lowest BCUT2D eigenvalue weighted by Crippen LogP contribution is -2.18. The molecule has 0 saturated heterocycles. The number of nitrogens with zero attached hydrogens (tertiary/aromatic N) is 2. The van der Waals surface area contributed by atoms with Crippen LogP contribution in [-0.4, -0.2) is 34.2 Å². The lowest BCUT2D eigenvalue weighted by atomic mass is 10.1. The van der Waals surface area contributed by atoms with E-state index in [2.05, 4.69) is 10.3 Å². The number of fused-ring (bicyclic) bond motifs is 2.